The molecule has 8 heteroatoms. The Hall–Kier alpha value is -4.17. The maximum absolute atomic E-state index is 13.9. The van der Waals surface area contributed by atoms with E-state index in [0.29, 0.717) is 24.5 Å². The van der Waals surface area contributed by atoms with Crippen LogP contribution in [0.5, 0.6) is 0 Å². The summed E-state index contributed by atoms with van der Waals surface area (Å²) in [6.45, 7) is 1.74. The molecule has 190 valence electrons. The Morgan fingerprint density at radius 3 is 1.78 bits per heavy atom. The predicted octanol–water partition coefficient (Wildman–Crippen LogP) is 4.94. The van der Waals surface area contributed by atoms with Crippen molar-refractivity contribution in [3.8, 4) is 0 Å². The van der Waals surface area contributed by atoms with Crippen molar-refractivity contribution in [2.24, 2.45) is 0 Å². The molecule has 3 aromatic rings. The Morgan fingerprint density at radius 1 is 0.757 bits per heavy atom. The Labute approximate surface area is 216 Å². The van der Waals surface area contributed by atoms with Crippen molar-refractivity contribution in [3.05, 3.63) is 91.0 Å². The van der Waals surface area contributed by atoms with E-state index < -0.39 is 18.0 Å². The van der Waals surface area contributed by atoms with E-state index in [0.717, 1.165) is 18.5 Å². The smallest absolute Gasteiger partial charge is 0.424 e. The molecule has 3 aromatic carbocycles. The van der Waals surface area contributed by atoms with Gasteiger partial charge in [0.2, 0.25) is 0 Å². The fraction of sp³-hybridized carbons (Fsp3) is 0.276. The molecule has 0 spiro atoms. The van der Waals surface area contributed by atoms with Gasteiger partial charge in [0.05, 0.1) is 31.0 Å². The van der Waals surface area contributed by atoms with Crippen LogP contribution in [0.15, 0.2) is 91.0 Å². The number of hydrogen-bond donors (Lipinski definition) is 1. The molecule has 37 heavy (non-hydrogen) atoms. The lowest BCUT2D eigenvalue weighted by Crippen LogP contribution is -2.66. The summed E-state index contributed by atoms with van der Waals surface area (Å²) in [5, 5.41) is 10.2. The Kier molecular flexibility index (Phi) is 6.92. The maximum atomic E-state index is 13.9. The zero-order valence-corrected chi connectivity index (χ0v) is 20.6. The molecule has 0 radical (unpaired) electrons. The molecule has 0 bridgehead atoms. The van der Waals surface area contributed by atoms with E-state index in [2.05, 4.69) is 0 Å². The maximum Gasteiger partial charge on any atom is 0.424 e. The van der Waals surface area contributed by atoms with E-state index in [-0.39, 0.29) is 30.1 Å². The number of carboxylic acid groups (broad SMARTS) is 1. The molecule has 2 aliphatic heterocycles. The number of quaternary nitrogens is 1. The molecule has 0 unspecified atom stereocenters. The molecule has 2 saturated heterocycles. The van der Waals surface area contributed by atoms with E-state index in [1.807, 2.05) is 91.0 Å². The minimum absolute atomic E-state index is 0.0514. The van der Waals surface area contributed by atoms with Crippen LogP contribution in [0.25, 0.3) is 0 Å². The van der Waals surface area contributed by atoms with Gasteiger partial charge >= 0.3 is 18.0 Å². The summed E-state index contributed by atoms with van der Waals surface area (Å²) in [7, 11) is 0. The van der Waals surface area contributed by atoms with Gasteiger partial charge in [-0.2, -0.15) is 0 Å². The summed E-state index contributed by atoms with van der Waals surface area (Å²) in [4.78, 5) is 44.8. The SMILES string of the molecule is O=C(O)[C@@H]1CN(C(=O)[N+]2(c3ccccc3)CCCC2)CCN1C(=O)N(c1ccccc1)c1ccccc1. The number of piperazine rings is 1. The molecule has 2 fully saturated rings. The first-order valence-corrected chi connectivity index (χ1v) is 12.7. The lowest BCUT2D eigenvalue weighted by atomic mass is 10.1. The van der Waals surface area contributed by atoms with Gasteiger partial charge in [-0.1, -0.05) is 54.6 Å². The highest BCUT2D eigenvalue weighted by Crippen LogP contribution is 2.33. The Morgan fingerprint density at radius 2 is 1.27 bits per heavy atom. The van der Waals surface area contributed by atoms with Crippen LogP contribution in [0, 0.1) is 0 Å². The van der Waals surface area contributed by atoms with Crippen LogP contribution in [0.3, 0.4) is 0 Å². The van der Waals surface area contributed by atoms with Crippen LogP contribution in [-0.2, 0) is 4.79 Å². The number of anilines is 2. The lowest BCUT2D eigenvalue weighted by molar-refractivity contribution is -0.143. The number of rotatable bonds is 4. The monoisotopic (exact) mass is 499 g/mol. The second-order valence-electron chi connectivity index (χ2n) is 9.52. The molecule has 8 nitrogen and oxygen atoms in total. The fourth-order valence-electron chi connectivity index (χ4n) is 5.47. The van der Waals surface area contributed by atoms with Gasteiger partial charge in [0.25, 0.3) is 0 Å². The van der Waals surface area contributed by atoms with Crippen LogP contribution in [0.2, 0.25) is 0 Å². The van der Waals surface area contributed by atoms with E-state index in [1.54, 1.807) is 4.90 Å². The number of urea groups is 2. The number of amides is 4. The Balaban J connectivity index is 1.43. The number of benzene rings is 3. The average molecular weight is 500 g/mol. The minimum atomic E-state index is -1.15. The number of para-hydroxylation sites is 3. The lowest BCUT2D eigenvalue weighted by Gasteiger charge is -2.43. The van der Waals surface area contributed by atoms with E-state index in [4.69, 9.17) is 0 Å². The molecule has 4 amide bonds. The average Bonchev–Trinajstić information content (AvgIpc) is 3.45. The summed E-state index contributed by atoms with van der Waals surface area (Å²) in [5.74, 6) is -1.13. The number of likely N-dealkylation sites (tertiary alicyclic amines) is 1. The van der Waals surface area contributed by atoms with Crippen LogP contribution in [-0.4, -0.2) is 71.7 Å². The molecular formula is C29H31N4O4+. The van der Waals surface area contributed by atoms with Gasteiger partial charge in [0, 0.05) is 25.9 Å². The summed E-state index contributed by atoms with van der Waals surface area (Å²) in [6.07, 6.45) is 1.87. The highest BCUT2D eigenvalue weighted by atomic mass is 16.4. The zero-order valence-electron chi connectivity index (χ0n) is 20.6. The van der Waals surface area contributed by atoms with E-state index in [9.17, 15) is 19.5 Å². The van der Waals surface area contributed by atoms with Crippen molar-refractivity contribution in [2.75, 3.05) is 37.6 Å². The summed E-state index contributed by atoms with van der Waals surface area (Å²) in [6, 6.07) is 26.4. The highest BCUT2D eigenvalue weighted by molar-refractivity contribution is 6.01. The Bertz CT molecular complexity index is 1210. The van der Waals surface area contributed by atoms with Crippen molar-refractivity contribution < 1.29 is 19.5 Å². The molecule has 5 rings (SSSR count). The first kappa shape index (κ1) is 24.5. The van der Waals surface area contributed by atoms with E-state index in [1.165, 1.54) is 9.80 Å². The molecule has 0 saturated carbocycles. The van der Waals surface area contributed by atoms with Crippen molar-refractivity contribution in [3.63, 3.8) is 0 Å². The minimum Gasteiger partial charge on any atom is -0.480 e. The van der Waals surface area contributed by atoms with E-state index >= 15 is 0 Å². The van der Waals surface area contributed by atoms with Gasteiger partial charge in [0.1, 0.15) is 11.7 Å². The van der Waals surface area contributed by atoms with Crippen molar-refractivity contribution >= 4 is 35.1 Å². The van der Waals surface area contributed by atoms with Gasteiger partial charge in [-0.25, -0.2) is 18.9 Å². The summed E-state index contributed by atoms with van der Waals surface area (Å²) in [5.41, 5.74) is 2.22. The van der Waals surface area contributed by atoms with Crippen LogP contribution < -0.4 is 9.38 Å². The standard InChI is InChI=1S/C29H30N4O4/c34-27(35)26-22-30(29(37)33(20-10-11-21-33)25-16-8-3-9-17-25)18-19-31(26)28(36)32(23-12-4-1-5-13-23)24-14-6-2-7-15-24/h1-9,12-17,26H,10-11,18-22H2/p+1/t26-/m0/s1. The quantitative estimate of drug-likeness (QED) is 0.516. The third kappa shape index (κ3) is 4.68. The molecule has 0 aromatic heterocycles. The third-order valence-corrected chi connectivity index (χ3v) is 7.35. The summed E-state index contributed by atoms with van der Waals surface area (Å²) < 4.78 is 0.196. The summed E-state index contributed by atoms with van der Waals surface area (Å²) >= 11 is 0. The number of hydrogen-bond acceptors (Lipinski definition) is 3. The van der Waals surface area contributed by atoms with Gasteiger partial charge in [-0.3, -0.25) is 9.80 Å². The van der Waals surface area contributed by atoms with Gasteiger partial charge in [-0.15, -0.1) is 0 Å². The highest BCUT2D eigenvalue weighted by Gasteiger charge is 2.48. The molecular weight excluding hydrogens is 468 g/mol. The normalized spacial score (nSPS) is 18.9. The third-order valence-electron chi connectivity index (χ3n) is 7.35. The second-order valence-corrected chi connectivity index (χ2v) is 9.52. The molecule has 2 aliphatic rings. The first-order valence-electron chi connectivity index (χ1n) is 12.7. The fourth-order valence-corrected chi connectivity index (χ4v) is 5.47. The number of nitrogens with zero attached hydrogens (tertiary/aromatic N) is 4. The van der Waals surface area contributed by atoms with Gasteiger partial charge < -0.3 is 10.0 Å². The predicted molar refractivity (Wildman–Crippen MR) is 143 cm³/mol. The largest absolute Gasteiger partial charge is 0.480 e. The molecule has 1 N–H and O–H groups in total. The van der Waals surface area contributed by atoms with Crippen molar-refractivity contribution in [1.82, 2.24) is 14.3 Å². The molecule has 0 aliphatic carbocycles. The molecule has 2 heterocycles. The second kappa shape index (κ2) is 10.4. The number of aliphatic carboxylic acids is 1. The van der Waals surface area contributed by atoms with Crippen LogP contribution in [0.4, 0.5) is 26.7 Å². The van der Waals surface area contributed by atoms with Gasteiger partial charge in [-0.05, 0) is 36.4 Å². The number of carbonyl (C=O) groups excluding carboxylic acids is 2. The molecule has 1 atom stereocenters. The first-order chi connectivity index (χ1) is 18.0. The zero-order chi connectivity index (χ0) is 25.8. The number of carboxylic acids is 1. The topological polar surface area (TPSA) is 81.2 Å². The van der Waals surface area contributed by atoms with Crippen molar-refractivity contribution in [2.45, 2.75) is 18.9 Å². The number of carbonyl (C=O) groups is 3. The van der Waals surface area contributed by atoms with Crippen LogP contribution >= 0.6 is 0 Å². The van der Waals surface area contributed by atoms with Crippen LogP contribution in [0.1, 0.15) is 12.8 Å². The van der Waals surface area contributed by atoms with Gasteiger partial charge in [0.15, 0.2) is 0 Å². The van der Waals surface area contributed by atoms with Crippen molar-refractivity contribution in [1.29, 1.82) is 0 Å².